The van der Waals surface area contributed by atoms with Crippen molar-refractivity contribution in [1.82, 2.24) is 41.3 Å². The summed E-state index contributed by atoms with van der Waals surface area (Å²) in [6.45, 7) is 22.0. The molecule has 1 heterocycles. The molecule has 0 spiro atoms. The van der Waals surface area contributed by atoms with Crippen LogP contribution in [0.1, 0.15) is 132 Å². The number of likely N-dealkylation sites (N-methyl/N-ethyl adjacent to an activating group) is 2. The first kappa shape index (κ1) is 75.3. The van der Waals surface area contributed by atoms with Crippen LogP contribution in [0, 0.1) is 29.6 Å². The number of nitrogens with zero attached hydrogens (tertiary/aromatic N) is 3. The predicted octanol–water partition coefficient (Wildman–Crippen LogP) is 6.32. The van der Waals surface area contributed by atoms with E-state index in [1.807, 2.05) is 19.9 Å². The fraction of sp³-hybridized carbons (Fsp3) is 0.625. The Bertz CT molecular complexity index is 2660. The van der Waals surface area contributed by atoms with E-state index >= 15 is 0 Å². The first-order valence-electron chi connectivity index (χ1n) is 30.5. The van der Waals surface area contributed by atoms with Gasteiger partial charge in [0.25, 0.3) is 5.91 Å². The molecule has 11 atom stereocenters. The summed E-state index contributed by atoms with van der Waals surface area (Å²) in [5.74, 6) is -6.75. The molecule has 1 saturated heterocycles. The number of carbonyl (C=O) groups excluding carboxylic acids is 9. The standard InChI is InChI=1S/C64H98BrN9O14/c1-16-40(8)55(49(86-14)35-51(76)74-33-23-26-48(74)56(87-15)41(9)57(77)69-47(63(83)84)34-44-24-19-17-20-25-44)72(12)62(82)53(38(4)5)71-61(81)54(39(6)7)73(13)64(85)88-36-45-28-30-46(31-29-45)68-59(79)43(11)67-60(80)52(37(2)3)70-50(75)27-21-18-22-32-66-58(78)42(10)65/h17,19-20,24-25,28-31,37-41,43,47-49,52-56H,10,16,18,21-23,26-27,32-36H2,1-9,11-15H3,(H,66,78)(H,67,80)(H,68,79)(H,69,77)(H,70,75)(H,71,81)(H,83,84)/t40-,41+,43+,47-,48-,49+,52+,53-,54-,55-,56+/m0/s1. The number of halogens is 1. The number of carboxylic acids is 1. The molecule has 7 N–H and O–H groups in total. The first-order chi connectivity index (χ1) is 41.5. The van der Waals surface area contributed by atoms with Crippen LogP contribution in [0.15, 0.2) is 65.7 Å². The molecule has 0 aromatic heterocycles. The van der Waals surface area contributed by atoms with Crippen LogP contribution in [-0.4, -0.2) is 175 Å². The van der Waals surface area contributed by atoms with Gasteiger partial charge in [0.1, 0.15) is 36.8 Å². The maximum absolute atomic E-state index is 14.7. The number of amides is 9. The molecule has 9 amide bonds. The monoisotopic (exact) mass is 1300 g/mol. The van der Waals surface area contributed by atoms with Crippen molar-refractivity contribution in [2.75, 3.05) is 46.7 Å². The number of hydrogen-bond donors (Lipinski definition) is 7. The molecule has 1 fully saturated rings. The van der Waals surface area contributed by atoms with Gasteiger partial charge in [0.15, 0.2) is 0 Å². The number of likely N-dealkylation sites (tertiary alicyclic amines) is 1. The van der Waals surface area contributed by atoms with Crippen LogP contribution < -0.4 is 31.9 Å². The number of aliphatic carboxylic acids is 1. The van der Waals surface area contributed by atoms with Crippen LogP contribution in [0.5, 0.6) is 0 Å². The average molecular weight is 1300 g/mol. The van der Waals surface area contributed by atoms with E-state index in [-0.39, 0.29) is 59.9 Å². The van der Waals surface area contributed by atoms with Crippen molar-refractivity contribution in [3.05, 3.63) is 76.8 Å². The van der Waals surface area contributed by atoms with E-state index in [1.54, 1.807) is 109 Å². The molecule has 2 aromatic carbocycles. The SMILES string of the molecule is C=C(Br)C(=O)NCCCCCC(=O)N[C@@H](C(=O)N[C@H](C)C(=O)Nc1ccc(COC(=O)N(C)[C@H](C(=O)N[C@H](C(=O)N(C)[C@@H]([C@@H](C)CC)[C@@H](CC(=O)N2CCC[C@H]2[C@H](OC)[C@@H](C)C(=O)N[C@@H](Cc2ccccc2)C(=O)O)OC)C(C)C)C(C)C)cc1)C(C)C. The largest absolute Gasteiger partial charge is 0.480 e. The predicted molar refractivity (Wildman–Crippen MR) is 338 cm³/mol. The highest BCUT2D eigenvalue weighted by Gasteiger charge is 2.44. The van der Waals surface area contributed by atoms with Crippen molar-refractivity contribution in [2.45, 2.75) is 188 Å². The lowest BCUT2D eigenvalue weighted by atomic mass is 9.89. The van der Waals surface area contributed by atoms with Crippen LogP contribution in [0.2, 0.25) is 0 Å². The third-order valence-corrected chi connectivity index (χ3v) is 16.6. The van der Waals surface area contributed by atoms with E-state index < -0.39 is 114 Å². The minimum absolute atomic E-state index is 0.0841. The van der Waals surface area contributed by atoms with Gasteiger partial charge in [-0.15, -0.1) is 0 Å². The second-order valence-electron chi connectivity index (χ2n) is 23.9. The molecule has 1 aliphatic rings. The van der Waals surface area contributed by atoms with Gasteiger partial charge in [-0.1, -0.05) is 124 Å². The first-order valence-corrected chi connectivity index (χ1v) is 31.3. The number of carbonyl (C=O) groups is 10. The Labute approximate surface area is 528 Å². The number of methoxy groups -OCH3 is 2. The van der Waals surface area contributed by atoms with E-state index in [4.69, 9.17) is 14.2 Å². The van der Waals surface area contributed by atoms with E-state index in [0.717, 1.165) is 5.56 Å². The molecule has 23 nitrogen and oxygen atoms in total. The van der Waals surface area contributed by atoms with Crippen molar-refractivity contribution in [2.24, 2.45) is 29.6 Å². The van der Waals surface area contributed by atoms with Crippen molar-refractivity contribution in [1.29, 1.82) is 0 Å². The molecule has 0 unspecified atom stereocenters. The van der Waals surface area contributed by atoms with Gasteiger partial charge < -0.3 is 61.0 Å². The quantitative estimate of drug-likeness (QED) is 0.0290. The molecule has 490 valence electrons. The molecule has 2 aromatic rings. The van der Waals surface area contributed by atoms with E-state index in [1.165, 1.54) is 38.0 Å². The van der Waals surface area contributed by atoms with Gasteiger partial charge in [-0.3, -0.25) is 43.3 Å². The Morgan fingerprint density at radius 1 is 0.727 bits per heavy atom. The van der Waals surface area contributed by atoms with Crippen molar-refractivity contribution < 1.29 is 67.3 Å². The van der Waals surface area contributed by atoms with E-state index in [9.17, 15) is 53.1 Å². The fourth-order valence-corrected chi connectivity index (χ4v) is 11.0. The second kappa shape index (κ2) is 37.2. The van der Waals surface area contributed by atoms with E-state index in [2.05, 4.69) is 54.4 Å². The van der Waals surface area contributed by atoms with Crippen LogP contribution in [0.4, 0.5) is 10.5 Å². The van der Waals surface area contributed by atoms with Crippen molar-refractivity contribution in [3.63, 3.8) is 0 Å². The summed E-state index contributed by atoms with van der Waals surface area (Å²) in [5.41, 5.74) is 1.72. The maximum Gasteiger partial charge on any atom is 0.410 e. The van der Waals surface area contributed by atoms with Gasteiger partial charge in [-0.25, -0.2) is 9.59 Å². The summed E-state index contributed by atoms with van der Waals surface area (Å²) < 4.78 is 17.9. The van der Waals surface area contributed by atoms with Gasteiger partial charge in [-0.2, -0.15) is 0 Å². The summed E-state index contributed by atoms with van der Waals surface area (Å²) in [6.07, 6.45) is 1.47. The number of unbranched alkanes of at least 4 members (excludes halogenated alkanes) is 2. The van der Waals surface area contributed by atoms with Gasteiger partial charge in [0.05, 0.1) is 41.1 Å². The highest BCUT2D eigenvalue weighted by atomic mass is 79.9. The molecule has 1 aliphatic heterocycles. The minimum atomic E-state index is -1.18. The summed E-state index contributed by atoms with van der Waals surface area (Å²) in [4.78, 5) is 138. The van der Waals surface area contributed by atoms with Crippen LogP contribution in [0.25, 0.3) is 0 Å². The summed E-state index contributed by atoms with van der Waals surface area (Å²) >= 11 is 3.03. The smallest absolute Gasteiger partial charge is 0.410 e. The van der Waals surface area contributed by atoms with Gasteiger partial charge in [-0.05, 0) is 95.5 Å². The van der Waals surface area contributed by atoms with Crippen molar-refractivity contribution in [3.8, 4) is 0 Å². The summed E-state index contributed by atoms with van der Waals surface area (Å²) in [6, 6.07) is 9.17. The Morgan fingerprint density at radius 3 is 1.92 bits per heavy atom. The van der Waals surface area contributed by atoms with Crippen molar-refractivity contribution >= 4 is 80.9 Å². The number of rotatable bonds is 36. The maximum atomic E-state index is 14.7. The lowest BCUT2D eigenvalue weighted by molar-refractivity contribution is -0.148. The third kappa shape index (κ3) is 22.9. The lowest BCUT2D eigenvalue weighted by Gasteiger charge is -2.41. The Kier molecular flexibility index (Phi) is 31.8. The highest BCUT2D eigenvalue weighted by Crippen LogP contribution is 2.30. The summed E-state index contributed by atoms with van der Waals surface area (Å²) in [5, 5.41) is 26.5. The molecule has 0 saturated carbocycles. The minimum Gasteiger partial charge on any atom is -0.480 e. The zero-order chi connectivity index (χ0) is 66.1. The average Bonchev–Trinajstić information content (AvgIpc) is 2.86. The zero-order valence-electron chi connectivity index (χ0n) is 53.9. The molecule has 88 heavy (non-hydrogen) atoms. The van der Waals surface area contributed by atoms with Crippen LogP contribution >= 0.6 is 15.9 Å². The molecule has 0 bridgehead atoms. The number of anilines is 1. The Balaban J connectivity index is 1.63. The molecule has 0 radical (unpaired) electrons. The van der Waals surface area contributed by atoms with E-state index in [0.29, 0.717) is 62.9 Å². The molecular weight excluding hydrogens is 1200 g/mol. The lowest BCUT2D eigenvalue weighted by Crippen LogP contribution is -2.60. The topological polar surface area (TPSA) is 301 Å². The normalized spacial score (nSPS) is 16.5. The molecule has 24 heteroatoms. The van der Waals surface area contributed by atoms with Gasteiger partial charge in [0, 0.05) is 59.9 Å². The van der Waals surface area contributed by atoms with Crippen LogP contribution in [-0.2, 0) is 70.4 Å². The zero-order valence-corrected chi connectivity index (χ0v) is 55.5. The molecule has 0 aliphatic carbocycles. The molecular formula is C64H98BrN9O14. The fourth-order valence-electron chi connectivity index (χ4n) is 10.9. The van der Waals surface area contributed by atoms with Gasteiger partial charge in [0.2, 0.25) is 41.4 Å². The number of ether oxygens (including phenoxy) is 3. The third-order valence-electron chi connectivity index (χ3n) is 16.2. The molecule has 3 rings (SSSR count). The highest BCUT2D eigenvalue weighted by molar-refractivity contribution is 9.12. The Hall–Kier alpha value is -6.92. The Morgan fingerprint density at radius 2 is 1.36 bits per heavy atom. The number of carboxylic acid groups (broad SMARTS) is 1. The number of hydrogen-bond acceptors (Lipinski definition) is 13. The number of nitrogens with one attached hydrogen (secondary N) is 6. The van der Waals surface area contributed by atoms with Crippen LogP contribution in [0.3, 0.4) is 0 Å². The van der Waals surface area contributed by atoms with Gasteiger partial charge >= 0.3 is 12.1 Å². The summed E-state index contributed by atoms with van der Waals surface area (Å²) in [7, 11) is 6.01. The second-order valence-corrected chi connectivity index (χ2v) is 24.9. The number of benzene rings is 2.